The number of hydrogen-bond acceptors (Lipinski definition) is 4. The van der Waals surface area contributed by atoms with Crippen molar-refractivity contribution in [3.05, 3.63) is 60.2 Å². The molecule has 0 spiro atoms. The molecule has 2 fully saturated rings. The summed E-state index contributed by atoms with van der Waals surface area (Å²) < 4.78 is 0. The lowest BCUT2D eigenvalue weighted by Crippen LogP contribution is -2.46. The lowest BCUT2D eigenvalue weighted by molar-refractivity contribution is -0.117. The van der Waals surface area contributed by atoms with Crippen LogP contribution in [0.2, 0.25) is 0 Å². The molecule has 1 aliphatic carbocycles. The zero-order valence-electron chi connectivity index (χ0n) is 18.9. The van der Waals surface area contributed by atoms with E-state index in [9.17, 15) is 9.59 Å². The molecule has 1 saturated carbocycles. The molecule has 6 nitrogen and oxygen atoms in total. The molecule has 6 heteroatoms. The highest BCUT2D eigenvalue weighted by atomic mass is 16.2. The molecule has 2 atom stereocenters. The SMILES string of the molecule is CC1CC1C(=O)Nc1cccc(C(=O)NCCCCN2CCN(c3ccccc3)CC2)c1. The number of benzene rings is 2. The number of nitrogens with one attached hydrogen (secondary N) is 2. The molecule has 2 N–H and O–H groups in total. The van der Waals surface area contributed by atoms with Gasteiger partial charge in [-0.25, -0.2) is 0 Å². The first kappa shape index (κ1) is 22.3. The lowest BCUT2D eigenvalue weighted by Gasteiger charge is -2.36. The summed E-state index contributed by atoms with van der Waals surface area (Å²) in [4.78, 5) is 29.5. The van der Waals surface area contributed by atoms with Gasteiger partial charge in [-0.15, -0.1) is 0 Å². The molecule has 4 rings (SSSR count). The van der Waals surface area contributed by atoms with Crippen LogP contribution in [-0.2, 0) is 4.79 Å². The fraction of sp³-hybridized carbons (Fsp3) is 0.462. The maximum absolute atomic E-state index is 12.5. The van der Waals surface area contributed by atoms with Gasteiger partial charge in [-0.3, -0.25) is 14.5 Å². The van der Waals surface area contributed by atoms with Crippen LogP contribution in [0, 0.1) is 11.8 Å². The Hall–Kier alpha value is -2.86. The number of nitrogens with zero attached hydrogens (tertiary/aromatic N) is 2. The zero-order valence-corrected chi connectivity index (χ0v) is 18.9. The van der Waals surface area contributed by atoms with E-state index >= 15 is 0 Å². The largest absolute Gasteiger partial charge is 0.369 e. The summed E-state index contributed by atoms with van der Waals surface area (Å²) in [5, 5.41) is 5.94. The fourth-order valence-corrected chi connectivity index (χ4v) is 4.29. The van der Waals surface area contributed by atoms with Gasteiger partial charge in [0.25, 0.3) is 5.91 Å². The maximum Gasteiger partial charge on any atom is 0.251 e. The third kappa shape index (κ3) is 6.10. The Morgan fingerprint density at radius 1 is 0.969 bits per heavy atom. The molecule has 0 bridgehead atoms. The number of carbonyl (C=O) groups is 2. The van der Waals surface area contributed by atoms with Gasteiger partial charge in [0.05, 0.1) is 0 Å². The van der Waals surface area contributed by atoms with Gasteiger partial charge >= 0.3 is 0 Å². The number of hydrogen-bond donors (Lipinski definition) is 2. The van der Waals surface area contributed by atoms with Crippen molar-refractivity contribution < 1.29 is 9.59 Å². The van der Waals surface area contributed by atoms with Crippen molar-refractivity contribution in [2.24, 2.45) is 11.8 Å². The minimum absolute atomic E-state index is 0.0552. The van der Waals surface area contributed by atoms with Crippen molar-refractivity contribution in [2.45, 2.75) is 26.2 Å². The highest BCUT2D eigenvalue weighted by Gasteiger charge is 2.39. The molecule has 2 aromatic carbocycles. The van der Waals surface area contributed by atoms with Gasteiger partial charge < -0.3 is 15.5 Å². The number of piperazine rings is 1. The number of carbonyl (C=O) groups excluding carboxylic acids is 2. The van der Waals surface area contributed by atoms with Crippen LogP contribution in [0.15, 0.2) is 54.6 Å². The van der Waals surface area contributed by atoms with Crippen LogP contribution in [0.5, 0.6) is 0 Å². The monoisotopic (exact) mass is 434 g/mol. The van der Waals surface area contributed by atoms with E-state index in [2.05, 4.69) is 57.7 Å². The third-order valence-corrected chi connectivity index (χ3v) is 6.52. The topological polar surface area (TPSA) is 64.7 Å². The normalized spacial score (nSPS) is 20.6. The second kappa shape index (κ2) is 10.6. The molecule has 32 heavy (non-hydrogen) atoms. The lowest BCUT2D eigenvalue weighted by atomic mass is 10.1. The van der Waals surface area contributed by atoms with Crippen LogP contribution in [0.1, 0.15) is 36.5 Å². The van der Waals surface area contributed by atoms with Crippen LogP contribution >= 0.6 is 0 Å². The fourth-order valence-electron chi connectivity index (χ4n) is 4.29. The average Bonchev–Trinajstić information content (AvgIpc) is 3.56. The van der Waals surface area contributed by atoms with Crippen molar-refractivity contribution in [1.29, 1.82) is 0 Å². The average molecular weight is 435 g/mol. The number of rotatable bonds is 9. The smallest absolute Gasteiger partial charge is 0.251 e. The van der Waals surface area contributed by atoms with Crippen LogP contribution < -0.4 is 15.5 Å². The van der Waals surface area contributed by atoms with E-state index in [4.69, 9.17) is 0 Å². The first-order valence-corrected chi connectivity index (χ1v) is 11.8. The second-order valence-corrected chi connectivity index (χ2v) is 9.02. The quantitative estimate of drug-likeness (QED) is 0.592. The van der Waals surface area contributed by atoms with E-state index in [0.29, 0.717) is 23.7 Å². The highest BCUT2D eigenvalue weighted by molar-refractivity contribution is 5.98. The minimum atomic E-state index is -0.0858. The molecule has 2 amide bonds. The summed E-state index contributed by atoms with van der Waals surface area (Å²) >= 11 is 0. The van der Waals surface area contributed by atoms with Gasteiger partial charge in [-0.1, -0.05) is 31.2 Å². The predicted molar refractivity (Wildman–Crippen MR) is 129 cm³/mol. The Kier molecular flexibility index (Phi) is 7.43. The summed E-state index contributed by atoms with van der Waals surface area (Å²) in [6.07, 6.45) is 2.98. The van der Waals surface area contributed by atoms with Gasteiger partial charge in [0.1, 0.15) is 0 Å². The Balaban J connectivity index is 1.12. The number of amides is 2. The molecule has 2 unspecified atom stereocenters. The molecular formula is C26H34N4O2. The van der Waals surface area contributed by atoms with Crippen LogP contribution in [0.4, 0.5) is 11.4 Å². The van der Waals surface area contributed by atoms with Gasteiger partial charge in [-0.05, 0) is 62.1 Å². The third-order valence-electron chi connectivity index (χ3n) is 6.52. The Bertz CT molecular complexity index is 909. The standard InChI is InChI=1S/C26H34N4O2/c1-20-18-24(20)26(32)28-22-9-7-8-21(19-22)25(31)27-12-5-6-13-29-14-16-30(17-15-29)23-10-3-2-4-11-23/h2-4,7-11,19-20,24H,5-6,12-18H2,1H3,(H,27,31)(H,28,32). The summed E-state index contributed by atoms with van der Waals surface area (Å²) in [5.41, 5.74) is 2.58. The molecule has 2 aromatic rings. The van der Waals surface area contributed by atoms with Gasteiger partial charge in [0.2, 0.25) is 5.91 Å². The van der Waals surface area contributed by atoms with E-state index < -0.39 is 0 Å². The van der Waals surface area contributed by atoms with Crippen LogP contribution in [0.25, 0.3) is 0 Å². The summed E-state index contributed by atoms with van der Waals surface area (Å²) in [6, 6.07) is 17.8. The molecule has 2 aliphatic rings. The summed E-state index contributed by atoms with van der Waals surface area (Å²) in [6.45, 7) is 8.11. The van der Waals surface area contributed by atoms with E-state index in [1.807, 2.05) is 12.1 Å². The summed E-state index contributed by atoms with van der Waals surface area (Å²) in [5.74, 6) is 0.556. The van der Waals surface area contributed by atoms with Crippen molar-refractivity contribution in [2.75, 3.05) is 49.5 Å². The first-order chi connectivity index (χ1) is 15.6. The van der Waals surface area contributed by atoms with Crippen molar-refractivity contribution in [3.63, 3.8) is 0 Å². The first-order valence-electron chi connectivity index (χ1n) is 11.8. The Morgan fingerprint density at radius 3 is 2.44 bits per heavy atom. The molecule has 1 aliphatic heterocycles. The number of para-hydroxylation sites is 1. The summed E-state index contributed by atoms with van der Waals surface area (Å²) in [7, 11) is 0. The molecule has 0 aromatic heterocycles. The van der Waals surface area contributed by atoms with E-state index in [1.54, 1.807) is 12.1 Å². The van der Waals surface area contributed by atoms with Gasteiger partial charge in [0, 0.05) is 55.6 Å². The van der Waals surface area contributed by atoms with Crippen LogP contribution in [0.3, 0.4) is 0 Å². The van der Waals surface area contributed by atoms with Crippen LogP contribution in [-0.4, -0.2) is 56.0 Å². The predicted octanol–water partition coefficient (Wildman–Crippen LogP) is 3.61. The van der Waals surface area contributed by atoms with E-state index in [1.165, 1.54) is 5.69 Å². The maximum atomic E-state index is 12.5. The van der Waals surface area contributed by atoms with Crippen molar-refractivity contribution in [3.8, 4) is 0 Å². The minimum Gasteiger partial charge on any atom is -0.369 e. The Labute approximate surface area is 191 Å². The number of anilines is 2. The van der Waals surface area contributed by atoms with Crippen molar-refractivity contribution in [1.82, 2.24) is 10.2 Å². The molecule has 1 saturated heterocycles. The van der Waals surface area contributed by atoms with E-state index in [0.717, 1.165) is 52.0 Å². The molecular weight excluding hydrogens is 400 g/mol. The van der Waals surface area contributed by atoms with Crippen molar-refractivity contribution >= 4 is 23.2 Å². The van der Waals surface area contributed by atoms with Gasteiger partial charge in [0.15, 0.2) is 0 Å². The molecule has 0 radical (unpaired) electrons. The molecule has 170 valence electrons. The van der Waals surface area contributed by atoms with Gasteiger partial charge in [-0.2, -0.15) is 0 Å². The Morgan fingerprint density at radius 2 is 1.72 bits per heavy atom. The number of unbranched alkanes of at least 4 members (excludes halogenated alkanes) is 1. The second-order valence-electron chi connectivity index (χ2n) is 9.02. The zero-order chi connectivity index (χ0) is 22.3. The van der Waals surface area contributed by atoms with E-state index in [-0.39, 0.29) is 17.7 Å². The highest BCUT2D eigenvalue weighted by Crippen LogP contribution is 2.38. The molecule has 1 heterocycles.